The number of ether oxygens (including phenoxy) is 1. The Morgan fingerprint density at radius 1 is 1.43 bits per heavy atom. The number of carbonyl (C=O) groups is 1. The summed E-state index contributed by atoms with van der Waals surface area (Å²) in [5, 5.41) is 0. The molecular formula is C10H8Br2O2. The minimum Gasteiger partial charge on any atom is -0.493 e. The molecule has 1 aromatic rings. The molecule has 1 heterocycles. The van der Waals surface area contributed by atoms with E-state index in [-0.39, 0.29) is 0 Å². The summed E-state index contributed by atoms with van der Waals surface area (Å²) in [6, 6.07) is 5.83. The molecule has 0 spiro atoms. The average molecular weight is 320 g/mol. The van der Waals surface area contributed by atoms with E-state index < -0.39 is 3.23 Å². The number of halogens is 2. The monoisotopic (exact) mass is 318 g/mol. The quantitative estimate of drug-likeness (QED) is 0.619. The Hall–Kier alpha value is -0.350. The number of para-hydroxylation sites is 1. The summed E-state index contributed by atoms with van der Waals surface area (Å²) in [5.41, 5.74) is 2.00. The summed E-state index contributed by atoms with van der Waals surface area (Å²) < 4.78 is 4.68. The molecule has 2 nitrogen and oxygen atoms in total. The molecular weight excluding hydrogens is 312 g/mol. The highest BCUT2D eigenvalue weighted by Crippen LogP contribution is 2.43. The van der Waals surface area contributed by atoms with Crippen molar-refractivity contribution in [2.75, 3.05) is 6.61 Å². The van der Waals surface area contributed by atoms with Gasteiger partial charge in [0, 0.05) is 12.0 Å². The highest BCUT2D eigenvalue weighted by molar-refractivity contribution is 9.25. The normalized spacial score (nSPS) is 14.7. The molecule has 0 saturated heterocycles. The summed E-state index contributed by atoms with van der Waals surface area (Å²) in [7, 11) is 0. The number of hydrogen-bond donors (Lipinski definition) is 0. The molecule has 14 heavy (non-hydrogen) atoms. The van der Waals surface area contributed by atoms with Crippen molar-refractivity contribution in [3.63, 3.8) is 0 Å². The zero-order chi connectivity index (χ0) is 10.2. The lowest BCUT2D eigenvalue weighted by molar-refractivity contribution is -0.107. The van der Waals surface area contributed by atoms with Crippen molar-refractivity contribution in [3.8, 4) is 5.75 Å². The first-order valence-electron chi connectivity index (χ1n) is 4.24. The lowest BCUT2D eigenvalue weighted by Crippen LogP contribution is -2.11. The second-order valence-corrected chi connectivity index (χ2v) is 6.70. The van der Waals surface area contributed by atoms with Gasteiger partial charge in [0.15, 0.2) is 9.52 Å². The van der Waals surface area contributed by atoms with Gasteiger partial charge >= 0.3 is 0 Å². The molecule has 0 unspecified atom stereocenters. The second kappa shape index (κ2) is 3.66. The van der Waals surface area contributed by atoms with Gasteiger partial charge in [-0.3, -0.25) is 0 Å². The van der Waals surface area contributed by atoms with E-state index in [1.807, 2.05) is 18.2 Å². The van der Waals surface area contributed by atoms with Gasteiger partial charge < -0.3 is 9.53 Å². The molecule has 0 atom stereocenters. The fraction of sp³-hybridized carbons (Fsp3) is 0.300. The molecule has 2 rings (SSSR count). The smallest absolute Gasteiger partial charge is 0.164 e. The van der Waals surface area contributed by atoms with Crippen LogP contribution in [0.5, 0.6) is 5.75 Å². The van der Waals surface area contributed by atoms with Crippen molar-refractivity contribution in [2.24, 2.45) is 0 Å². The molecule has 4 heteroatoms. The maximum Gasteiger partial charge on any atom is 0.164 e. The molecule has 0 bridgehead atoms. The van der Waals surface area contributed by atoms with E-state index >= 15 is 0 Å². The molecule has 0 fully saturated rings. The van der Waals surface area contributed by atoms with Gasteiger partial charge in [-0.25, -0.2) is 0 Å². The Bertz CT molecular complexity index is 374. The van der Waals surface area contributed by atoms with Crippen molar-refractivity contribution < 1.29 is 9.53 Å². The summed E-state index contributed by atoms with van der Waals surface area (Å²) >= 11 is 6.62. The fourth-order valence-corrected chi connectivity index (χ4v) is 2.17. The molecule has 1 aliphatic heterocycles. The van der Waals surface area contributed by atoms with E-state index in [2.05, 4.69) is 31.9 Å². The Balaban J connectivity index is 2.54. The Morgan fingerprint density at radius 3 is 2.93 bits per heavy atom. The predicted octanol–water partition coefficient (Wildman–Crippen LogP) is 2.76. The van der Waals surface area contributed by atoms with Crippen LogP contribution in [0.1, 0.15) is 11.1 Å². The zero-order valence-electron chi connectivity index (χ0n) is 7.30. The van der Waals surface area contributed by atoms with Gasteiger partial charge in [0.1, 0.15) is 5.75 Å². The van der Waals surface area contributed by atoms with Crippen LogP contribution in [0.2, 0.25) is 0 Å². The minimum atomic E-state index is -0.824. The number of benzene rings is 1. The van der Waals surface area contributed by atoms with Crippen molar-refractivity contribution in [3.05, 3.63) is 29.3 Å². The predicted molar refractivity (Wildman–Crippen MR) is 61.2 cm³/mol. The number of rotatable bonds is 2. The van der Waals surface area contributed by atoms with Gasteiger partial charge in [0.05, 0.1) is 6.61 Å². The molecule has 0 N–H and O–H groups in total. The van der Waals surface area contributed by atoms with Gasteiger partial charge in [0.25, 0.3) is 0 Å². The Labute approximate surface area is 98.9 Å². The summed E-state index contributed by atoms with van der Waals surface area (Å²) in [6.45, 7) is 0.696. The van der Waals surface area contributed by atoms with Gasteiger partial charge in [-0.2, -0.15) is 0 Å². The topological polar surface area (TPSA) is 26.3 Å². The third-order valence-corrected chi connectivity index (χ3v) is 3.45. The number of alkyl halides is 2. The van der Waals surface area contributed by atoms with E-state index in [1.54, 1.807) is 0 Å². The SMILES string of the molecule is O=CC(Br)(Br)c1cccc2c1OCC2. The highest BCUT2D eigenvalue weighted by Gasteiger charge is 2.31. The first-order chi connectivity index (χ1) is 6.65. The van der Waals surface area contributed by atoms with Crippen LogP contribution in [0.15, 0.2) is 18.2 Å². The first kappa shape index (κ1) is 10.2. The highest BCUT2D eigenvalue weighted by atomic mass is 79.9. The van der Waals surface area contributed by atoms with Crippen LogP contribution in [0.25, 0.3) is 0 Å². The molecule has 1 aromatic carbocycles. The second-order valence-electron chi connectivity index (χ2n) is 3.13. The zero-order valence-corrected chi connectivity index (χ0v) is 10.5. The summed E-state index contributed by atoms with van der Waals surface area (Å²) in [4.78, 5) is 10.9. The molecule has 0 aliphatic carbocycles. The van der Waals surface area contributed by atoms with E-state index in [0.29, 0.717) is 6.61 Å². The van der Waals surface area contributed by atoms with Crippen LogP contribution in [-0.2, 0) is 14.4 Å². The number of hydrogen-bond acceptors (Lipinski definition) is 2. The van der Waals surface area contributed by atoms with Gasteiger partial charge in [-0.1, -0.05) is 50.1 Å². The van der Waals surface area contributed by atoms with Crippen molar-refractivity contribution in [1.82, 2.24) is 0 Å². The van der Waals surface area contributed by atoms with E-state index in [0.717, 1.165) is 29.6 Å². The van der Waals surface area contributed by atoms with Gasteiger partial charge in [-0.15, -0.1) is 0 Å². The van der Waals surface area contributed by atoms with Crippen LogP contribution in [0, 0.1) is 0 Å². The van der Waals surface area contributed by atoms with Crippen LogP contribution in [0.3, 0.4) is 0 Å². The molecule has 0 saturated carbocycles. The largest absolute Gasteiger partial charge is 0.493 e. The summed E-state index contributed by atoms with van der Waals surface area (Å²) in [6.07, 6.45) is 1.72. The average Bonchev–Trinajstić information content (AvgIpc) is 2.64. The third-order valence-electron chi connectivity index (χ3n) is 2.22. The Kier molecular flexibility index (Phi) is 2.66. The van der Waals surface area contributed by atoms with Crippen LogP contribution >= 0.6 is 31.9 Å². The van der Waals surface area contributed by atoms with Crippen LogP contribution < -0.4 is 4.74 Å². The van der Waals surface area contributed by atoms with Gasteiger partial charge in [-0.05, 0) is 5.56 Å². The van der Waals surface area contributed by atoms with Gasteiger partial charge in [0.2, 0.25) is 0 Å². The fourth-order valence-electron chi connectivity index (χ4n) is 1.54. The van der Waals surface area contributed by atoms with Crippen molar-refractivity contribution >= 4 is 38.1 Å². The maximum atomic E-state index is 10.9. The molecule has 1 aliphatic rings. The first-order valence-corrected chi connectivity index (χ1v) is 5.83. The number of carbonyl (C=O) groups excluding carboxylic acids is 1. The molecule has 0 amide bonds. The van der Waals surface area contributed by atoms with E-state index in [9.17, 15) is 4.79 Å². The standard InChI is InChI=1S/C10H8Br2O2/c11-10(12,6-13)8-3-1-2-7-4-5-14-9(7)8/h1-3,6H,4-5H2. The molecule has 74 valence electrons. The van der Waals surface area contributed by atoms with Crippen molar-refractivity contribution in [1.29, 1.82) is 0 Å². The molecule has 0 aromatic heterocycles. The lowest BCUT2D eigenvalue weighted by atomic mass is 10.1. The summed E-state index contributed by atoms with van der Waals surface area (Å²) in [5.74, 6) is 0.827. The minimum absolute atomic E-state index is 0.696. The van der Waals surface area contributed by atoms with E-state index in [1.165, 1.54) is 0 Å². The molecule has 0 radical (unpaired) electrons. The van der Waals surface area contributed by atoms with Crippen LogP contribution in [-0.4, -0.2) is 12.9 Å². The lowest BCUT2D eigenvalue weighted by Gasteiger charge is -2.16. The van der Waals surface area contributed by atoms with E-state index in [4.69, 9.17) is 4.74 Å². The maximum absolute atomic E-state index is 10.9. The van der Waals surface area contributed by atoms with Crippen LogP contribution in [0.4, 0.5) is 0 Å². The number of aldehydes is 1. The van der Waals surface area contributed by atoms with Crippen molar-refractivity contribution in [2.45, 2.75) is 9.65 Å². The number of fused-ring (bicyclic) bond motifs is 1. The Morgan fingerprint density at radius 2 is 2.21 bits per heavy atom. The third kappa shape index (κ3) is 1.61.